The smallest absolute Gasteiger partial charge is 0.254 e. The number of nitrogens with one attached hydrogen (secondary N) is 2. The van der Waals surface area contributed by atoms with Crippen molar-refractivity contribution in [3.63, 3.8) is 0 Å². The molecule has 0 spiro atoms. The molecule has 0 aliphatic heterocycles. The first-order chi connectivity index (χ1) is 12.4. The van der Waals surface area contributed by atoms with Gasteiger partial charge in [-0.3, -0.25) is 14.4 Å². The van der Waals surface area contributed by atoms with Crippen molar-refractivity contribution in [2.45, 2.75) is 19.4 Å². The predicted octanol–water partition coefficient (Wildman–Crippen LogP) is 1.34. The van der Waals surface area contributed by atoms with Crippen molar-refractivity contribution in [3.05, 3.63) is 65.2 Å². The van der Waals surface area contributed by atoms with Gasteiger partial charge in [0.05, 0.1) is 22.9 Å². The molecular formula is C19H18N4O3. The number of hydrogen-bond donors (Lipinski definition) is 3. The molecule has 2 aromatic rings. The van der Waals surface area contributed by atoms with Crippen LogP contribution >= 0.6 is 0 Å². The summed E-state index contributed by atoms with van der Waals surface area (Å²) in [6, 6.07) is 14.2. The Morgan fingerprint density at radius 2 is 1.77 bits per heavy atom. The topological polar surface area (TPSA) is 125 Å². The number of primary amides is 1. The predicted molar refractivity (Wildman–Crippen MR) is 96.1 cm³/mol. The van der Waals surface area contributed by atoms with E-state index in [0.717, 1.165) is 5.56 Å². The molecule has 26 heavy (non-hydrogen) atoms. The second-order valence-electron chi connectivity index (χ2n) is 5.67. The highest BCUT2D eigenvalue weighted by Crippen LogP contribution is 2.15. The molecule has 0 aromatic heterocycles. The Morgan fingerprint density at radius 3 is 2.35 bits per heavy atom. The highest BCUT2D eigenvalue weighted by molar-refractivity contribution is 6.04. The Morgan fingerprint density at radius 1 is 1.12 bits per heavy atom. The molecular weight excluding hydrogens is 332 g/mol. The van der Waals surface area contributed by atoms with Gasteiger partial charge >= 0.3 is 0 Å². The summed E-state index contributed by atoms with van der Waals surface area (Å²) in [5, 5.41) is 14.0. The van der Waals surface area contributed by atoms with Gasteiger partial charge in [0, 0.05) is 13.3 Å². The van der Waals surface area contributed by atoms with Crippen LogP contribution in [0.15, 0.2) is 48.5 Å². The fourth-order valence-corrected chi connectivity index (χ4v) is 2.39. The van der Waals surface area contributed by atoms with E-state index in [0.29, 0.717) is 11.3 Å². The first-order valence-corrected chi connectivity index (χ1v) is 7.86. The average molecular weight is 350 g/mol. The van der Waals surface area contributed by atoms with Gasteiger partial charge in [-0.1, -0.05) is 24.3 Å². The molecule has 2 rings (SSSR count). The second kappa shape index (κ2) is 8.44. The SMILES string of the molecule is CC(=O)Nc1ccccc1C(=O)N[C@@H](Cc1ccc(C#N)cc1)C(N)=O. The number of benzene rings is 2. The van der Waals surface area contributed by atoms with E-state index < -0.39 is 17.9 Å². The molecule has 1 atom stereocenters. The number of nitrogens with two attached hydrogens (primary N) is 1. The minimum absolute atomic E-state index is 0.190. The lowest BCUT2D eigenvalue weighted by Gasteiger charge is -2.17. The van der Waals surface area contributed by atoms with Crippen LogP contribution in [0.2, 0.25) is 0 Å². The van der Waals surface area contributed by atoms with Crippen molar-refractivity contribution in [1.29, 1.82) is 5.26 Å². The van der Waals surface area contributed by atoms with E-state index in [1.165, 1.54) is 6.92 Å². The van der Waals surface area contributed by atoms with Crippen molar-refractivity contribution >= 4 is 23.4 Å². The summed E-state index contributed by atoms with van der Waals surface area (Å²) in [7, 11) is 0. The second-order valence-corrected chi connectivity index (χ2v) is 5.67. The zero-order valence-electron chi connectivity index (χ0n) is 14.2. The van der Waals surface area contributed by atoms with Crippen LogP contribution in [0.1, 0.15) is 28.4 Å². The molecule has 0 aliphatic carbocycles. The normalized spacial score (nSPS) is 11.1. The van der Waals surface area contributed by atoms with Gasteiger partial charge in [-0.25, -0.2) is 0 Å². The number of amides is 3. The first kappa shape index (κ1) is 18.7. The number of hydrogen-bond acceptors (Lipinski definition) is 4. The Kier molecular flexibility index (Phi) is 6.06. The van der Waals surface area contributed by atoms with Gasteiger partial charge in [0.1, 0.15) is 6.04 Å². The largest absolute Gasteiger partial charge is 0.368 e. The highest BCUT2D eigenvalue weighted by atomic mass is 16.2. The zero-order chi connectivity index (χ0) is 19.1. The van der Waals surface area contributed by atoms with Gasteiger partial charge in [0.2, 0.25) is 11.8 Å². The van der Waals surface area contributed by atoms with E-state index in [1.807, 2.05) is 6.07 Å². The van der Waals surface area contributed by atoms with Crippen LogP contribution in [-0.2, 0) is 16.0 Å². The fraction of sp³-hybridized carbons (Fsp3) is 0.158. The molecule has 0 saturated heterocycles. The maximum Gasteiger partial charge on any atom is 0.254 e. The van der Waals surface area contributed by atoms with Crippen LogP contribution in [0.5, 0.6) is 0 Å². The summed E-state index contributed by atoms with van der Waals surface area (Å²) in [6.07, 6.45) is 0.190. The zero-order valence-corrected chi connectivity index (χ0v) is 14.2. The molecule has 3 amide bonds. The lowest BCUT2D eigenvalue weighted by atomic mass is 10.0. The van der Waals surface area contributed by atoms with E-state index in [4.69, 9.17) is 11.0 Å². The van der Waals surface area contributed by atoms with Crippen molar-refractivity contribution in [3.8, 4) is 6.07 Å². The number of nitrogens with zero attached hydrogens (tertiary/aromatic N) is 1. The first-order valence-electron chi connectivity index (χ1n) is 7.86. The number of carbonyl (C=O) groups is 3. The number of para-hydroxylation sites is 1. The van der Waals surface area contributed by atoms with Gasteiger partial charge < -0.3 is 16.4 Å². The maximum atomic E-state index is 12.5. The third kappa shape index (κ3) is 4.92. The molecule has 0 fully saturated rings. The van der Waals surface area contributed by atoms with E-state index in [-0.39, 0.29) is 17.9 Å². The van der Waals surface area contributed by atoms with E-state index in [1.54, 1.807) is 48.5 Å². The van der Waals surface area contributed by atoms with E-state index in [2.05, 4.69) is 10.6 Å². The monoisotopic (exact) mass is 350 g/mol. The number of rotatable bonds is 6. The van der Waals surface area contributed by atoms with Gasteiger partial charge in [0.25, 0.3) is 5.91 Å². The number of carbonyl (C=O) groups excluding carboxylic acids is 3. The highest BCUT2D eigenvalue weighted by Gasteiger charge is 2.21. The summed E-state index contributed by atoms with van der Waals surface area (Å²) < 4.78 is 0. The molecule has 0 aliphatic rings. The summed E-state index contributed by atoms with van der Waals surface area (Å²) in [5.74, 6) is -1.51. The minimum atomic E-state index is -0.930. The Hall–Kier alpha value is -3.66. The van der Waals surface area contributed by atoms with Gasteiger partial charge in [-0.2, -0.15) is 5.26 Å². The van der Waals surface area contributed by atoms with Gasteiger partial charge in [0.15, 0.2) is 0 Å². The lowest BCUT2D eigenvalue weighted by Crippen LogP contribution is -2.46. The minimum Gasteiger partial charge on any atom is -0.368 e. The van der Waals surface area contributed by atoms with Crippen molar-refractivity contribution in [2.24, 2.45) is 5.73 Å². The van der Waals surface area contributed by atoms with Crippen LogP contribution in [0, 0.1) is 11.3 Å². The third-order valence-electron chi connectivity index (χ3n) is 3.65. The summed E-state index contributed by atoms with van der Waals surface area (Å²) in [4.78, 5) is 35.6. The summed E-state index contributed by atoms with van der Waals surface area (Å²) in [5.41, 5.74) is 7.24. The van der Waals surface area contributed by atoms with Crippen molar-refractivity contribution < 1.29 is 14.4 Å². The van der Waals surface area contributed by atoms with Crippen LogP contribution in [0.25, 0.3) is 0 Å². The molecule has 2 aromatic carbocycles. The molecule has 7 nitrogen and oxygen atoms in total. The molecule has 0 heterocycles. The van der Waals surface area contributed by atoms with E-state index in [9.17, 15) is 14.4 Å². The third-order valence-corrected chi connectivity index (χ3v) is 3.65. The van der Waals surface area contributed by atoms with Crippen molar-refractivity contribution in [1.82, 2.24) is 5.32 Å². The fourth-order valence-electron chi connectivity index (χ4n) is 2.39. The summed E-state index contributed by atoms with van der Waals surface area (Å²) >= 11 is 0. The number of nitriles is 1. The number of anilines is 1. The van der Waals surface area contributed by atoms with Gasteiger partial charge in [-0.05, 0) is 29.8 Å². The molecule has 4 N–H and O–H groups in total. The average Bonchev–Trinajstić information content (AvgIpc) is 2.61. The molecule has 132 valence electrons. The maximum absolute atomic E-state index is 12.5. The van der Waals surface area contributed by atoms with Gasteiger partial charge in [-0.15, -0.1) is 0 Å². The summed E-state index contributed by atoms with van der Waals surface area (Å²) in [6.45, 7) is 1.34. The molecule has 0 radical (unpaired) electrons. The van der Waals surface area contributed by atoms with Crippen LogP contribution in [0.4, 0.5) is 5.69 Å². The van der Waals surface area contributed by atoms with Crippen LogP contribution in [0.3, 0.4) is 0 Å². The molecule has 7 heteroatoms. The molecule has 0 saturated carbocycles. The van der Waals surface area contributed by atoms with Crippen molar-refractivity contribution in [2.75, 3.05) is 5.32 Å². The molecule has 0 bridgehead atoms. The van der Waals surface area contributed by atoms with Crippen LogP contribution < -0.4 is 16.4 Å². The standard InChI is InChI=1S/C19H18N4O3/c1-12(24)22-16-5-3-2-4-15(16)19(26)23-17(18(21)25)10-13-6-8-14(11-20)9-7-13/h2-9,17H,10H2,1H3,(H2,21,25)(H,22,24)(H,23,26)/t17-/m0/s1. The Bertz CT molecular complexity index is 869. The molecule has 0 unspecified atom stereocenters. The Balaban J connectivity index is 2.17. The van der Waals surface area contributed by atoms with Crippen LogP contribution in [-0.4, -0.2) is 23.8 Å². The lowest BCUT2D eigenvalue weighted by molar-refractivity contribution is -0.119. The Labute approximate surface area is 150 Å². The van der Waals surface area contributed by atoms with E-state index >= 15 is 0 Å². The quantitative estimate of drug-likeness (QED) is 0.727.